The van der Waals surface area contributed by atoms with Crippen LogP contribution < -0.4 is 5.32 Å². The third-order valence-corrected chi connectivity index (χ3v) is 2.37. The first-order chi connectivity index (χ1) is 6.99. The maximum atomic E-state index is 11.7. The molecule has 4 nitrogen and oxygen atoms in total. The second-order valence-electron chi connectivity index (χ2n) is 3.87. The van der Waals surface area contributed by atoms with E-state index in [0.717, 1.165) is 11.0 Å². The minimum Gasteiger partial charge on any atom is -0.356 e. The van der Waals surface area contributed by atoms with Crippen LogP contribution in [0, 0.1) is 0 Å². The number of amides is 1. The van der Waals surface area contributed by atoms with E-state index in [-0.39, 0.29) is 11.9 Å². The van der Waals surface area contributed by atoms with Crippen LogP contribution in [0.5, 0.6) is 0 Å². The first-order valence-corrected chi connectivity index (χ1v) is 5.58. The third-order valence-electron chi connectivity index (χ3n) is 1.91. The topological polar surface area (TPSA) is 48.1 Å². The van der Waals surface area contributed by atoms with Crippen LogP contribution in [0.4, 0.5) is 0 Å². The monoisotopic (exact) mass is 273 g/mol. The summed E-state index contributed by atoms with van der Waals surface area (Å²) in [6.07, 6.45) is 1.74. The molecule has 5 heteroatoms. The van der Waals surface area contributed by atoms with Crippen molar-refractivity contribution in [2.75, 3.05) is 20.6 Å². The molecule has 0 spiro atoms. The van der Waals surface area contributed by atoms with Gasteiger partial charge in [-0.3, -0.25) is 4.79 Å². The lowest BCUT2D eigenvalue weighted by molar-refractivity contribution is 0.0930. The van der Waals surface area contributed by atoms with Gasteiger partial charge in [-0.2, -0.15) is 0 Å². The second-order valence-corrected chi connectivity index (χ2v) is 4.78. The highest BCUT2D eigenvalue weighted by atomic mass is 79.9. The van der Waals surface area contributed by atoms with Crippen molar-refractivity contribution >= 4 is 21.8 Å². The number of aromatic nitrogens is 1. The number of halogens is 1. The number of nitrogens with one attached hydrogen (secondary N) is 2. The van der Waals surface area contributed by atoms with E-state index in [1.807, 2.05) is 25.9 Å². The number of carbonyl (C=O) groups is 1. The summed E-state index contributed by atoms with van der Waals surface area (Å²) < 4.78 is 0.882. The normalized spacial score (nSPS) is 12.9. The van der Waals surface area contributed by atoms with E-state index in [2.05, 4.69) is 26.2 Å². The number of carbonyl (C=O) groups excluding carboxylic acids is 1. The summed E-state index contributed by atoms with van der Waals surface area (Å²) in [5.41, 5.74) is 0.576. The molecule has 0 bridgehead atoms. The quantitative estimate of drug-likeness (QED) is 0.873. The van der Waals surface area contributed by atoms with Gasteiger partial charge in [0.2, 0.25) is 0 Å². The van der Waals surface area contributed by atoms with Crippen molar-refractivity contribution in [1.29, 1.82) is 0 Å². The minimum absolute atomic E-state index is 0.0740. The summed E-state index contributed by atoms with van der Waals surface area (Å²) in [5.74, 6) is -0.0740. The van der Waals surface area contributed by atoms with Crippen LogP contribution in [0.3, 0.4) is 0 Å². The largest absolute Gasteiger partial charge is 0.356 e. The Morgan fingerprint density at radius 3 is 2.80 bits per heavy atom. The predicted molar refractivity (Wildman–Crippen MR) is 64.0 cm³/mol. The molecule has 15 heavy (non-hydrogen) atoms. The highest BCUT2D eigenvalue weighted by Gasteiger charge is 2.11. The maximum Gasteiger partial charge on any atom is 0.267 e. The maximum absolute atomic E-state index is 11.7. The fourth-order valence-electron chi connectivity index (χ4n) is 1.39. The van der Waals surface area contributed by atoms with E-state index in [0.29, 0.717) is 5.69 Å². The Labute approximate surface area is 98.2 Å². The molecule has 0 aliphatic rings. The fraction of sp³-hybridized carbons (Fsp3) is 0.500. The van der Waals surface area contributed by atoms with Gasteiger partial charge in [0.15, 0.2) is 0 Å². The van der Waals surface area contributed by atoms with Crippen LogP contribution in [0.1, 0.15) is 17.4 Å². The van der Waals surface area contributed by atoms with Crippen LogP contribution in [-0.4, -0.2) is 42.5 Å². The Kier molecular flexibility index (Phi) is 4.35. The van der Waals surface area contributed by atoms with Crippen molar-refractivity contribution in [3.63, 3.8) is 0 Å². The molecule has 2 N–H and O–H groups in total. The Balaban J connectivity index is 2.49. The molecule has 1 heterocycles. The summed E-state index contributed by atoms with van der Waals surface area (Å²) >= 11 is 3.29. The summed E-state index contributed by atoms with van der Waals surface area (Å²) in [5, 5.41) is 2.91. The Hall–Kier alpha value is -0.810. The van der Waals surface area contributed by atoms with Gasteiger partial charge in [-0.05, 0) is 43.0 Å². The van der Waals surface area contributed by atoms with Crippen LogP contribution in [0.25, 0.3) is 0 Å². The molecule has 84 valence electrons. The summed E-state index contributed by atoms with van der Waals surface area (Å²) in [6.45, 7) is 2.81. The fourth-order valence-corrected chi connectivity index (χ4v) is 1.74. The van der Waals surface area contributed by atoms with Crippen molar-refractivity contribution in [2.24, 2.45) is 0 Å². The molecular weight excluding hydrogens is 258 g/mol. The molecule has 0 saturated carbocycles. The van der Waals surface area contributed by atoms with Crippen LogP contribution in [-0.2, 0) is 0 Å². The van der Waals surface area contributed by atoms with Gasteiger partial charge in [0.1, 0.15) is 5.69 Å². The number of rotatable bonds is 4. The third kappa shape index (κ3) is 4.05. The van der Waals surface area contributed by atoms with Crippen LogP contribution in [0.2, 0.25) is 0 Å². The molecular formula is C10H16BrN3O. The van der Waals surface area contributed by atoms with Crippen LogP contribution in [0.15, 0.2) is 16.7 Å². The van der Waals surface area contributed by atoms with Crippen molar-refractivity contribution in [3.8, 4) is 0 Å². The minimum atomic E-state index is -0.0740. The number of hydrogen-bond donors (Lipinski definition) is 2. The van der Waals surface area contributed by atoms with Gasteiger partial charge in [-0.15, -0.1) is 0 Å². The Morgan fingerprint density at radius 2 is 2.33 bits per heavy atom. The van der Waals surface area contributed by atoms with Crippen molar-refractivity contribution in [2.45, 2.75) is 13.0 Å². The SMILES string of the molecule is CC(CN(C)C)NC(=O)c1cc(Br)c[nH]1. The van der Waals surface area contributed by atoms with Crippen molar-refractivity contribution in [1.82, 2.24) is 15.2 Å². The lowest BCUT2D eigenvalue weighted by Gasteiger charge is -2.17. The van der Waals surface area contributed by atoms with Gasteiger partial charge < -0.3 is 15.2 Å². The van der Waals surface area contributed by atoms with E-state index < -0.39 is 0 Å². The molecule has 0 radical (unpaired) electrons. The average Bonchev–Trinajstić information content (AvgIpc) is 2.49. The van der Waals surface area contributed by atoms with E-state index in [1.165, 1.54) is 0 Å². The van der Waals surface area contributed by atoms with Gasteiger partial charge in [0.05, 0.1) is 0 Å². The average molecular weight is 274 g/mol. The lowest BCUT2D eigenvalue weighted by Crippen LogP contribution is -2.39. The zero-order chi connectivity index (χ0) is 11.4. The number of aromatic amines is 1. The molecule has 0 aliphatic carbocycles. The number of H-pyrrole nitrogens is 1. The van der Waals surface area contributed by atoms with Crippen molar-refractivity contribution in [3.05, 3.63) is 22.4 Å². The lowest BCUT2D eigenvalue weighted by atomic mass is 10.3. The molecule has 0 saturated heterocycles. The van der Waals surface area contributed by atoms with Gasteiger partial charge in [0, 0.05) is 23.3 Å². The zero-order valence-corrected chi connectivity index (χ0v) is 10.8. The summed E-state index contributed by atoms with van der Waals surface area (Å²) in [4.78, 5) is 16.6. The standard InChI is InChI=1S/C10H16BrN3O/c1-7(6-14(2)3)13-10(15)9-4-8(11)5-12-9/h4-5,7,12H,6H2,1-3H3,(H,13,15). The van der Waals surface area contributed by atoms with Gasteiger partial charge in [-0.1, -0.05) is 0 Å². The highest BCUT2D eigenvalue weighted by molar-refractivity contribution is 9.10. The summed E-state index contributed by atoms with van der Waals surface area (Å²) in [6, 6.07) is 1.90. The number of hydrogen-bond acceptors (Lipinski definition) is 2. The molecule has 1 amide bonds. The number of nitrogens with zero attached hydrogens (tertiary/aromatic N) is 1. The smallest absolute Gasteiger partial charge is 0.267 e. The summed E-state index contributed by atoms with van der Waals surface area (Å²) in [7, 11) is 3.96. The van der Waals surface area contributed by atoms with Gasteiger partial charge in [-0.25, -0.2) is 0 Å². The molecule has 0 aromatic carbocycles. The highest BCUT2D eigenvalue weighted by Crippen LogP contribution is 2.10. The van der Waals surface area contributed by atoms with Crippen LogP contribution >= 0.6 is 15.9 Å². The zero-order valence-electron chi connectivity index (χ0n) is 9.17. The molecule has 0 fully saturated rings. The first-order valence-electron chi connectivity index (χ1n) is 4.78. The Bertz CT molecular complexity index is 335. The number of likely N-dealkylation sites (N-methyl/N-ethyl adjacent to an activating group) is 1. The van der Waals surface area contributed by atoms with Gasteiger partial charge >= 0.3 is 0 Å². The van der Waals surface area contributed by atoms with E-state index in [9.17, 15) is 4.79 Å². The predicted octanol–water partition coefficient (Wildman–Crippen LogP) is 1.46. The first kappa shape index (κ1) is 12.3. The van der Waals surface area contributed by atoms with E-state index in [4.69, 9.17) is 0 Å². The van der Waals surface area contributed by atoms with E-state index in [1.54, 1.807) is 12.3 Å². The molecule has 1 rings (SSSR count). The van der Waals surface area contributed by atoms with Crippen molar-refractivity contribution < 1.29 is 4.79 Å². The van der Waals surface area contributed by atoms with Gasteiger partial charge in [0.25, 0.3) is 5.91 Å². The molecule has 1 unspecified atom stereocenters. The molecule has 1 aromatic rings. The Morgan fingerprint density at radius 1 is 1.67 bits per heavy atom. The molecule has 1 aromatic heterocycles. The molecule has 1 atom stereocenters. The molecule has 0 aliphatic heterocycles. The second kappa shape index (κ2) is 5.32. The van der Waals surface area contributed by atoms with E-state index >= 15 is 0 Å².